The van der Waals surface area contributed by atoms with Crippen molar-refractivity contribution in [3.63, 3.8) is 0 Å². The highest BCUT2D eigenvalue weighted by Gasteiger charge is 2.17. The summed E-state index contributed by atoms with van der Waals surface area (Å²) in [5.41, 5.74) is 4.08. The summed E-state index contributed by atoms with van der Waals surface area (Å²) in [6.45, 7) is 3.59. The second-order valence-electron chi connectivity index (χ2n) is 3.26. The van der Waals surface area contributed by atoms with E-state index in [1.165, 1.54) is 11.3 Å². The van der Waals surface area contributed by atoms with Gasteiger partial charge in [-0.05, 0) is 31.0 Å². The van der Waals surface area contributed by atoms with Crippen LogP contribution in [0, 0.1) is 13.8 Å². The fourth-order valence-electron chi connectivity index (χ4n) is 1.48. The summed E-state index contributed by atoms with van der Waals surface area (Å²) in [4.78, 5) is 4.36. The Balaban J connectivity index is 2.94. The van der Waals surface area contributed by atoms with Crippen molar-refractivity contribution in [1.82, 2.24) is 4.98 Å². The van der Waals surface area contributed by atoms with Crippen LogP contribution in [0.3, 0.4) is 0 Å². The van der Waals surface area contributed by atoms with Gasteiger partial charge < -0.3 is 0 Å². The molecule has 1 aromatic carbocycles. The van der Waals surface area contributed by atoms with Gasteiger partial charge in [-0.3, -0.25) is 0 Å². The summed E-state index contributed by atoms with van der Waals surface area (Å²) < 4.78 is 23.5. The van der Waals surface area contributed by atoms with Gasteiger partial charge in [0.25, 0.3) is 9.05 Å². The molecule has 15 heavy (non-hydrogen) atoms. The van der Waals surface area contributed by atoms with E-state index in [4.69, 9.17) is 10.7 Å². The number of hydrogen-bond donors (Lipinski definition) is 0. The lowest BCUT2D eigenvalue weighted by atomic mass is 10.1. The maximum absolute atomic E-state index is 11.3. The molecule has 0 aliphatic carbocycles. The molecule has 2 rings (SSSR count). The average Bonchev–Trinajstić information content (AvgIpc) is 2.57. The van der Waals surface area contributed by atoms with E-state index in [0.717, 1.165) is 15.8 Å². The molecule has 0 aliphatic heterocycles. The number of fused-ring (bicyclic) bond motifs is 1. The lowest BCUT2D eigenvalue weighted by Crippen LogP contribution is -1.97. The van der Waals surface area contributed by atoms with E-state index in [1.54, 1.807) is 18.5 Å². The van der Waals surface area contributed by atoms with E-state index in [0.29, 0.717) is 5.56 Å². The van der Waals surface area contributed by atoms with Gasteiger partial charge >= 0.3 is 0 Å². The molecule has 0 atom stereocenters. The molecular weight excluding hydrogens is 254 g/mol. The number of aryl methyl sites for hydroxylation is 1. The Morgan fingerprint density at radius 1 is 1.33 bits per heavy atom. The van der Waals surface area contributed by atoms with Crippen LogP contribution in [0.1, 0.15) is 11.1 Å². The molecule has 6 heteroatoms. The van der Waals surface area contributed by atoms with Crippen molar-refractivity contribution in [3.05, 3.63) is 22.7 Å². The molecule has 0 spiro atoms. The molecule has 1 heterocycles. The van der Waals surface area contributed by atoms with Crippen LogP contribution in [-0.2, 0) is 9.05 Å². The Hall–Kier alpha value is -0.650. The van der Waals surface area contributed by atoms with Gasteiger partial charge in [-0.1, -0.05) is 0 Å². The van der Waals surface area contributed by atoms with Crippen molar-refractivity contribution < 1.29 is 8.42 Å². The molecule has 0 bridgehead atoms. The Bertz CT molecular complexity index is 631. The van der Waals surface area contributed by atoms with Gasteiger partial charge in [0.05, 0.1) is 20.6 Å². The minimum Gasteiger partial charge on any atom is -0.244 e. The van der Waals surface area contributed by atoms with Gasteiger partial charge in [-0.15, -0.1) is 11.3 Å². The molecule has 0 radical (unpaired) electrons. The van der Waals surface area contributed by atoms with Crippen LogP contribution in [0.25, 0.3) is 10.2 Å². The van der Waals surface area contributed by atoms with Crippen molar-refractivity contribution >= 4 is 41.3 Å². The molecule has 1 aromatic heterocycles. The van der Waals surface area contributed by atoms with E-state index in [9.17, 15) is 8.42 Å². The first-order valence-electron chi connectivity index (χ1n) is 4.19. The molecule has 0 fully saturated rings. The van der Waals surface area contributed by atoms with Crippen LogP contribution in [-0.4, -0.2) is 13.4 Å². The minimum absolute atomic E-state index is 0.179. The highest BCUT2D eigenvalue weighted by Crippen LogP contribution is 2.30. The average molecular weight is 262 g/mol. The fraction of sp³-hybridized carbons (Fsp3) is 0.222. The van der Waals surface area contributed by atoms with E-state index < -0.39 is 9.05 Å². The highest BCUT2D eigenvalue weighted by molar-refractivity contribution is 8.13. The summed E-state index contributed by atoms with van der Waals surface area (Å²) in [7, 11) is 1.69. The Morgan fingerprint density at radius 3 is 2.60 bits per heavy atom. The molecule has 2 aromatic rings. The quantitative estimate of drug-likeness (QED) is 0.742. The predicted octanol–water partition coefficient (Wildman–Crippen LogP) is 2.84. The number of nitrogens with zero attached hydrogens (tertiary/aromatic N) is 1. The summed E-state index contributed by atoms with van der Waals surface area (Å²) in [6, 6.07) is 1.58. The van der Waals surface area contributed by atoms with Gasteiger partial charge in [0.1, 0.15) is 0 Å². The van der Waals surface area contributed by atoms with E-state index in [1.807, 2.05) is 6.92 Å². The second kappa shape index (κ2) is 3.43. The number of halogens is 1. The van der Waals surface area contributed by atoms with E-state index >= 15 is 0 Å². The zero-order chi connectivity index (χ0) is 11.2. The first-order chi connectivity index (χ1) is 6.91. The molecule has 0 N–H and O–H groups in total. The molecule has 3 nitrogen and oxygen atoms in total. The molecule has 0 unspecified atom stereocenters. The maximum Gasteiger partial charge on any atom is 0.261 e. The Labute approximate surface area is 96.1 Å². The van der Waals surface area contributed by atoms with Crippen molar-refractivity contribution in [3.8, 4) is 0 Å². The number of benzene rings is 1. The lowest BCUT2D eigenvalue weighted by Gasteiger charge is -2.05. The third kappa shape index (κ3) is 1.75. The zero-order valence-corrected chi connectivity index (χ0v) is 10.5. The van der Waals surface area contributed by atoms with Crippen molar-refractivity contribution in [2.45, 2.75) is 18.7 Å². The Kier molecular flexibility index (Phi) is 2.48. The largest absolute Gasteiger partial charge is 0.261 e. The predicted molar refractivity (Wildman–Crippen MR) is 62.1 cm³/mol. The van der Waals surface area contributed by atoms with Gasteiger partial charge in [-0.2, -0.15) is 0 Å². The van der Waals surface area contributed by atoms with Gasteiger partial charge in [0.15, 0.2) is 0 Å². The number of rotatable bonds is 1. The number of hydrogen-bond acceptors (Lipinski definition) is 4. The molecule has 80 valence electrons. The normalized spacial score (nSPS) is 12.2. The van der Waals surface area contributed by atoms with Crippen LogP contribution in [0.5, 0.6) is 0 Å². The molecule has 0 saturated heterocycles. The first kappa shape index (κ1) is 10.9. The van der Waals surface area contributed by atoms with Crippen LogP contribution < -0.4 is 0 Å². The first-order valence-corrected chi connectivity index (χ1v) is 7.38. The van der Waals surface area contributed by atoms with Gasteiger partial charge in [-0.25, -0.2) is 13.4 Å². The van der Waals surface area contributed by atoms with Crippen LogP contribution in [0.15, 0.2) is 16.5 Å². The summed E-state index contributed by atoms with van der Waals surface area (Å²) in [5, 5.41) is 0. The number of aromatic nitrogens is 1. The Morgan fingerprint density at radius 2 is 2.00 bits per heavy atom. The third-order valence-electron chi connectivity index (χ3n) is 2.41. The van der Waals surface area contributed by atoms with Crippen molar-refractivity contribution in [2.75, 3.05) is 0 Å². The standard InChI is InChI=1S/C9H8ClNO2S2/c1-5-6(2)9-7(14-4-11-9)3-8(5)15(10,12)13/h3-4H,1-2H3. The smallest absolute Gasteiger partial charge is 0.244 e. The molecular formula is C9H8ClNO2S2. The summed E-state index contributed by atoms with van der Waals surface area (Å²) in [5.74, 6) is 0. The third-order valence-corrected chi connectivity index (χ3v) is 4.63. The minimum atomic E-state index is -3.67. The lowest BCUT2D eigenvalue weighted by molar-refractivity contribution is 0.609. The highest BCUT2D eigenvalue weighted by atomic mass is 35.7. The summed E-state index contributed by atoms with van der Waals surface area (Å²) in [6.07, 6.45) is 0. The molecule has 0 saturated carbocycles. The van der Waals surface area contributed by atoms with Gasteiger partial charge in [0.2, 0.25) is 0 Å². The zero-order valence-electron chi connectivity index (χ0n) is 8.11. The van der Waals surface area contributed by atoms with E-state index in [-0.39, 0.29) is 4.90 Å². The molecule has 0 aliphatic rings. The van der Waals surface area contributed by atoms with Gasteiger partial charge in [0, 0.05) is 10.7 Å². The SMILES string of the molecule is Cc1c(S(=O)(=O)Cl)cc2scnc2c1C. The summed E-state index contributed by atoms with van der Waals surface area (Å²) >= 11 is 1.41. The van der Waals surface area contributed by atoms with Crippen LogP contribution in [0.4, 0.5) is 0 Å². The van der Waals surface area contributed by atoms with E-state index in [2.05, 4.69) is 4.98 Å². The fourth-order valence-corrected chi connectivity index (χ4v) is 3.59. The van der Waals surface area contributed by atoms with Crippen LogP contribution in [0.2, 0.25) is 0 Å². The second-order valence-corrected chi connectivity index (χ2v) is 6.68. The number of thiazole rings is 1. The maximum atomic E-state index is 11.3. The van der Waals surface area contributed by atoms with Crippen molar-refractivity contribution in [1.29, 1.82) is 0 Å². The monoisotopic (exact) mass is 261 g/mol. The van der Waals surface area contributed by atoms with Crippen LogP contribution >= 0.6 is 22.0 Å². The topological polar surface area (TPSA) is 47.0 Å². The van der Waals surface area contributed by atoms with Crippen molar-refractivity contribution in [2.24, 2.45) is 0 Å². The molecule has 0 amide bonds.